The van der Waals surface area contributed by atoms with Crippen LogP contribution >= 0.6 is 0 Å². The smallest absolute Gasteiger partial charge is 0.370 e. The number of alkyl halides is 3. The van der Waals surface area contributed by atoms with Gasteiger partial charge < -0.3 is 15.0 Å². The molecule has 0 aliphatic carbocycles. The number of amides is 1. The normalized spacial score (nSPS) is 16.9. The molecule has 0 atom stereocenters. The van der Waals surface area contributed by atoms with E-state index in [2.05, 4.69) is 19.2 Å². The molecule has 1 saturated heterocycles. The summed E-state index contributed by atoms with van der Waals surface area (Å²) in [7, 11) is 0. The van der Waals surface area contributed by atoms with Crippen molar-refractivity contribution in [2.24, 2.45) is 0 Å². The second-order valence-electron chi connectivity index (χ2n) is 6.75. The van der Waals surface area contributed by atoms with Crippen LogP contribution in [0, 0.1) is 0 Å². The molecule has 1 aliphatic rings. The Bertz CT molecular complexity index is 567. The molecule has 1 amide bonds. The molecule has 1 aliphatic heterocycles. The van der Waals surface area contributed by atoms with Gasteiger partial charge in [0.15, 0.2) is 0 Å². The standard InChI is InChI=1S/C17H23F3N2O2/c1-16(2,22-6-8-24-9-7-22)12-21-15(23)11-13-4-3-5-14(10-13)17(18,19)20/h3-5,10H,6-9,11-12H2,1-2H3,(H,21,23)/p+1. The lowest BCUT2D eigenvalue weighted by Crippen LogP contribution is -3.22. The molecule has 1 aromatic rings. The van der Waals surface area contributed by atoms with Crippen LogP contribution in [0.25, 0.3) is 0 Å². The molecule has 0 bridgehead atoms. The Morgan fingerprint density at radius 3 is 2.54 bits per heavy atom. The largest absolute Gasteiger partial charge is 0.416 e. The van der Waals surface area contributed by atoms with Crippen molar-refractivity contribution in [3.63, 3.8) is 0 Å². The number of hydrogen-bond acceptors (Lipinski definition) is 2. The minimum Gasteiger partial charge on any atom is -0.370 e. The summed E-state index contributed by atoms with van der Waals surface area (Å²) < 4.78 is 43.4. The number of morpholine rings is 1. The highest BCUT2D eigenvalue weighted by Gasteiger charge is 2.33. The van der Waals surface area contributed by atoms with E-state index in [0.29, 0.717) is 25.3 Å². The number of hydrogen-bond donors (Lipinski definition) is 2. The van der Waals surface area contributed by atoms with E-state index < -0.39 is 11.7 Å². The summed E-state index contributed by atoms with van der Waals surface area (Å²) in [6, 6.07) is 4.89. The SMILES string of the molecule is CC(C)(CNC(=O)Cc1cccc(C(F)(F)F)c1)[NH+]1CCOCC1. The lowest BCUT2D eigenvalue weighted by Gasteiger charge is -2.37. The Hall–Kier alpha value is -1.60. The third kappa shape index (κ3) is 5.21. The summed E-state index contributed by atoms with van der Waals surface area (Å²) in [4.78, 5) is 13.4. The fourth-order valence-corrected chi connectivity index (χ4v) is 2.84. The van der Waals surface area contributed by atoms with Crippen molar-refractivity contribution in [2.45, 2.75) is 32.0 Å². The number of carbonyl (C=O) groups is 1. The van der Waals surface area contributed by atoms with E-state index >= 15 is 0 Å². The predicted octanol–water partition coefficient (Wildman–Crippen LogP) is 1.06. The maximum atomic E-state index is 12.7. The van der Waals surface area contributed by atoms with E-state index in [1.807, 2.05) is 0 Å². The molecule has 0 spiro atoms. The third-order valence-electron chi connectivity index (χ3n) is 4.40. The molecule has 0 unspecified atom stereocenters. The van der Waals surface area contributed by atoms with Crippen LogP contribution in [0.5, 0.6) is 0 Å². The second-order valence-corrected chi connectivity index (χ2v) is 6.75. The monoisotopic (exact) mass is 345 g/mol. The van der Waals surface area contributed by atoms with E-state index in [9.17, 15) is 18.0 Å². The maximum absolute atomic E-state index is 12.7. The van der Waals surface area contributed by atoms with Gasteiger partial charge in [-0.2, -0.15) is 13.2 Å². The molecular weight excluding hydrogens is 321 g/mol. The first-order valence-electron chi connectivity index (χ1n) is 8.04. The Kier molecular flexibility index (Phi) is 5.87. The molecule has 0 saturated carbocycles. The van der Waals surface area contributed by atoms with Crippen molar-refractivity contribution in [3.05, 3.63) is 35.4 Å². The minimum absolute atomic E-state index is 0.0571. The quantitative estimate of drug-likeness (QED) is 0.838. The fourth-order valence-electron chi connectivity index (χ4n) is 2.84. The van der Waals surface area contributed by atoms with E-state index in [1.165, 1.54) is 17.0 Å². The van der Waals surface area contributed by atoms with Gasteiger partial charge in [0.25, 0.3) is 0 Å². The van der Waals surface area contributed by atoms with Crippen LogP contribution in [0.3, 0.4) is 0 Å². The van der Waals surface area contributed by atoms with Crippen LogP contribution in [-0.4, -0.2) is 44.3 Å². The molecule has 1 fully saturated rings. The molecule has 4 nitrogen and oxygen atoms in total. The number of halogens is 3. The molecule has 1 heterocycles. The van der Waals surface area contributed by atoms with Crippen molar-refractivity contribution in [1.82, 2.24) is 5.32 Å². The van der Waals surface area contributed by atoms with Crippen molar-refractivity contribution < 1.29 is 27.6 Å². The zero-order valence-electron chi connectivity index (χ0n) is 14.0. The lowest BCUT2D eigenvalue weighted by atomic mass is 10.0. The predicted molar refractivity (Wildman–Crippen MR) is 83.8 cm³/mol. The van der Waals surface area contributed by atoms with Gasteiger partial charge in [-0.25, -0.2) is 0 Å². The van der Waals surface area contributed by atoms with Crippen LogP contribution in [-0.2, 0) is 22.1 Å². The lowest BCUT2D eigenvalue weighted by molar-refractivity contribution is -0.954. The average Bonchev–Trinajstić information content (AvgIpc) is 2.53. The highest BCUT2D eigenvalue weighted by molar-refractivity contribution is 5.78. The minimum atomic E-state index is -4.39. The van der Waals surface area contributed by atoms with Crippen molar-refractivity contribution >= 4 is 5.91 Å². The fraction of sp³-hybridized carbons (Fsp3) is 0.588. The van der Waals surface area contributed by atoms with E-state index in [1.54, 1.807) is 0 Å². The molecule has 24 heavy (non-hydrogen) atoms. The van der Waals surface area contributed by atoms with Gasteiger partial charge in [0.2, 0.25) is 5.91 Å². The Labute approximate surface area is 140 Å². The van der Waals surface area contributed by atoms with Crippen LogP contribution < -0.4 is 10.2 Å². The number of rotatable bonds is 5. The third-order valence-corrected chi connectivity index (χ3v) is 4.40. The highest BCUT2D eigenvalue weighted by atomic mass is 19.4. The average molecular weight is 345 g/mol. The molecule has 2 rings (SSSR count). The number of carbonyl (C=O) groups excluding carboxylic acids is 1. The van der Waals surface area contributed by atoms with Crippen molar-refractivity contribution in [2.75, 3.05) is 32.8 Å². The van der Waals surface area contributed by atoms with E-state index in [-0.39, 0.29) is 17.9 Å². The first-order chi connectivity index (χ1) is 11.2. The van der Waals surface area contributed by atoms with Gasteiger partial charge in [-0.05, 0) is 25.5 Å². The topological polar surface area (TPSA) is 42.8 Å². The first-order valence-corrected chi connectivity index (χ1v) is 8.04. The molecule has 0 radical (unpaired) electrons. The van der Waals surface area contributed by atoms with E-state index in [0.717, 1.165) is 25.2 Å². The van der Waals surface area contributed by atoms with Crippen molar-refractivity contribution in [3.8, 4) is 0 Å². The Balaban J connectivity index is 1.89. The number of benzene rings is 1. The second kappa shape index (κ2) is 7.53. The zero-order chi connectivity index (χ0) is 17.8. The van der Waals surface area contributed by atoms with Gasteiger partial charge >= 0.3 is 6.18 Å². The molecule has 7 heteroatoms. The van der Waals surface area contributed by atoms with Gasteiger partial charge in [-0.1, -0.05) is 18.2 Å². The number of ether oxygens (including phenoxy) is 1. The van der Waals surface area contributed by atoms with E-state index in [4.69, 9.17) is 4.74 Å². The summed E-state index contributed by atoms with van der Waals surface area (Å²) in [5.74, 6) is -0.268. The number of quaternary nitrogens is 1. The molecule has 2 N–H and O–H groups in total. The maximum Gasteiger partial charge on any atom is 0.416 e. The molecule has 1 aromatic carbocycles. The zero-order valence-corrected chi connectivity index (χ0v) is 14.0. The van der Waals surface area contributed by atoms with Crippen LogP contribution in [0.1, 0.15) is 25.0 Å². The summed E-state index contributed by atoms with van der Waals surface area (Å²) in [5, 5.41) is 2.85. The molecule has 0 aromatic heterocycles. The van der Waals surface area contributed by atoms with Gasteiger partial charge in [0, 0.05) is 0 Å². The van der Waals surface area contributed by atoms with Gasteiger partial charge in [0.1, 0.15) is 18.6 Å². The molecular formula is C17H24F3N2O2+. The summed E-state index contributed by atoms with van der Waals surface area (Å²) >= 11 is 0. The van der Waals surface area contributed by atoms with Crippen molar-refractivity contribution in [1.29, 1.82) is 0 Å². The summed E-state index contributed by atoms with van der Waals surface area (Å²) in [6.07, 6.45) is -4.45. The summed E-state index contributed by atoms with van der Waals surface area (Å²) in [5.41, 5.74) is -0.516. The van der Waals surface area contributed by atoms with Gasteiger partial charge in [0.05, 0.1) is 31.7 Å². The highest BCUT2D eigenvalue weighted by Crippen LogP contribution is 2.29. The van der Waals surface area contributed by atoms with Gasteiger partial charge in [-0.3, -0.25) is 4.79 Å². The van der Waals surface area contributed by atoms with Crippen LogP contribution in [0.4, 0.5) is 13.2 Å². The van der Waals surface area contributed by atoms with Crippen LogP contribution in [0.15, 0.2) is 24.3 Å². The Morgan fingerprint density at radius 2 is 1.92 bits per heavy atom. The number of nitrogens with one attached hydrogen (secondary N) is 2. The van der Waals surface area contributed by atoms with Gasteiger partial charge in [-0.15, -0.1) is 0 Å². The first kappa shape index (κ1) is 18.7. The molecule has 134 valence electrons. The van der Waals surface area contributed by atoms with Crippen LogP contribution in [0.2, 0.25) is 0 Å². The Morgan fingerprint density at radius 1 is 1.25 bits per heavy atom. The summed E-state index contributed by atoms with van der Waals surface area (Å²) in [6.45, 7) is 7.79.